The van der Waals surface area contributed by atoms with Gasteiger partial charge < -0.3 is 20.8 Å². The van der Waals surface area contributed by atoms with Crippen molar-refractivity contribution in [3.8, 4) is 11.5 Å². The highest BCUT2D eigenvalue weighted by Crippen LogP contribution is 2.40. The average molecular weight is 390 g/mol. The summed E-state index contributed by atoms with van der Waals surface area (Å²) >= 11 is 0. The van der Waals surface area contributed by atoms with E-state index in [1.54, 1.807) is 0 Å². The first-order valence-electron chi connectivity index (χ1n) is 8.58. The highest BCUT2D eigenvalue weighted by atomic mass is 16.7. The molecule has 1 aromatic carbocycles. The summed E-state index contributed by atoms with van der Waals surface area (Å²) in [5.74, 6) is -5.51. The van der Waals surface area contributed by atoms with Crippen molar-refractivity contribution >= 4 is 29.4 Å². The van der Waals surface area contributed by atoms with Gasteiger partial charge in [-0.15, -0.1) is 5.06 Å². The Hall–Kier alpha value is -3.27. The lowest BCUT2D eigenvalue weighted by molar-refractivity contribution is -0.172. The van der Waals surface area contributed by atoms with Crippen LogP contribution in [0.3, 0.4) is 0 Å². The van der Waals surface area contributed by atoms with E-state index in [-0.39, 0.29) is 41.9 Å². The smallest absolute Gasteiger partial charge is 0.371 e. The summed E-state index contributed by atoms with van der Waals surface area (Å²) < 4.78 is 0. The Morgan fingerprint density at radius 1 is 1.07 bits per heavy atom. The summed E-state index contributed by atoms with van der Waals surface area (Å²) in [7, 11) is 0. The van der Waals surface area contributed by atoms with E-state index in [0.717, 1.165) is 6.07 Å². The lowest BCUT2D eigenvalue weighted by Gasteiger charge is -2.32. The van der Waals surface area contributed by atoms with Crippen LogP contribution in [-0.2, 0) is 29.6 Å². The van der Waals surface area contributed by atoms with Crippen LogP contribution in [0.25, 0.3) is 0 Å². The first-order chi connectivity index (χ1) is 13.1. The van der Waals surface area contributed by atoms with E-state index in [1.165, 1.54) is 6.92 Å². The molecule has 0 spiro atoms. The normalized spacial score (nSPS) is 19.3. The largest absolute Gasteiger partial charge is 0.507 e. The van der Waals surface area contributed by atoms with Crippen molar-refractivity contribution in [3.05, 3.63) is 22.8 Å². The van der Waals surface area contributed by atoms with E-state index >= 15 is 0 Å². The minimum Gasteiger partial charge on any atom is -0.507 e. The van der Waals surface area contributed by atoms with E-state index < -0.39 is 52.0 Å². The molecule has 4 N–H and O–H groups in total. The summed E-state index contributed by atoms with van der Waals surface area (Å²) in [6, 6.07) is 0.945. The predicted molar refractivity (Wildman–Crippen MR) is 90.7 cm³/mol. The second-order valence-electron chi connectivity index (χ2n) is 6.76. The third kappa shape index (κ3) is 2.82. The van der Waals surface area contributed by atoms with Crippen LogP contribution in [0.5, 0.6) is 11.5 Å². The van der Waals surface area contributed by atoms with Gasteiger partial charge in [0, 0.05) is 25.7 Å². The number of aromatic hydroxyl groups is 2. The molecule has 10 nitrogen and oxygen atoms in total. The molecule has 2 amide bonds. The number of carbonyl (C=O) groups is 5. The topological polar surface area (TPSA) is 164 Å². The maximum Gasteiger partial charge on any atom is 0.371 e. The second kappa shape index (κ2) is 6.71. The number of hydroxylamine groups is 2. The summed E-state index contributed by atoms with van der Waals surface area (Å²) in [5, 5.41) is 21.0. The van der Waals surface area contributed by atoms with E-state index in [2.05, 4.69) is 0 Å². The Labute approximate surface area is 158 Å². The number of hydrogen-bond acceptors (Lipinski definition) is 9. The number of nitrogens with two attached hydrogens (primary N) is 1. The van der Waals surface area contributed by atoms with Gasteiger partial charge in [-0.05, 0) is 30.5 Å². The first-order valence-corrected chi connectivity index (χ1v) is 8.58. The first kappa shape index (κ1) is 19.5. The Balaban J connectivity index is 2.02. The summed E-state index contributed by atoms with van der Waals surface area (Å²) in [6.45, 7) is 1.32. The zero-order chi connectivity index (χ0) is 20.8. The Kier molecular flexibility index (Phi) is 4.67. The molecule has 1 saturated heterocycles. The van der Waals surface area contributed by atoms with E-state index in [9.17, 15) is 34.2 Å². The number of phenolic OH excluding ortho intramolecular Hbond substituents is 2. The lowest BCUT2D eigenvalue weighted by Crippen LogP contribution is -2.54. The van der Waals surface area contributed by atoms with Crippen molar-refractivity contribution in [2.45, 2.75) is 44.6 Å². The van der Waals surface area contributed by atoms with Gasteiger partial charge in [0.05, 0.1) is 0 Å². The highest BCUT2D eigenvalue weighted by molar-refractivity contribution is 6.14. The van der Waals surface area contributed by atoms with Gasteiger partial charge in [0.15, 0.2) is 17.1 Å². The number of imide groups is 1. The Morgan fingerprint density at radius 3 is 2.14 bits per heavy atom. The zero-order valence-electron chi connectivity index (χ0n) is 15.0. The highest BCUT2D eigenvalue weighted by Gasteiger charge is 2.47. The van der Waals surface area contributed by atoms with Crippen LogP contribution >= 0.6 is 0 Å². The van der Waals surface area contributed by atoms with Gasteiger partial charge in [0.25, 0.3) is 11.8 Å². The molecule has 148 valence electrons. The molecule has 2 aliphatic rings. The van der Waals surface area contributed by atoms with Crippen molar-refractivity contribution < 1.29 is 39.0 Å². The number of phenols is 2. The molecule has 0 unspecified atom stereocenters. The summed E-state index contributed by atoms with van der Waals surface area (Å²) in [5.41, 5.74) is 3.11. The van der Waals surface area contributed by atoms with Gasteiger partial charge in [-0.25, -0.2) is 4.79 Å². The molecule has 1 aliphatic carbocycles. The Bertz CT molecular complexity index is 904. The molecular weight excluding hydrogens is 372 g/mol. The van der Waals surface area contributed by atoms with Crippen LogP contribution in [-0.4, -0.2) is 44.6 Å². The SMILES string of the molecule is Cc1c(C2(N)C(=O)CCCC2=O)cc(O)c(C(=O)ON2C(=O)CCC2=O)c1O. The van der Waals surface area contributed by atoms with Crippen molar-refractivity contribution in [2.24, 2.45) is 5.73 Å². The molecule has 10 heteroatoms. The number of benzene rings is 1. The van der Waals surface area contributed by atoms with Crippen LogP contribution in [0.15, 0.2) is 6.07 Å². The number of amides is 2. The van der Waals surface area contributed by atoms with Crippen LogP contribution < -0.4 is 5.73 Å². The number of nitrogens with zero attached hydrogens (tertiary/aromatic N) is 1. The van der Waals surface area contributed by atoms with Crippen molar-refractivity contribution in [1.29, 1.82) is 0 Å². The summed E-state index contributed by atoms with van der Waals surface area (Å²) in [4.78, 5) is 64.9. The van der Waals surface area contributed by atoms with Gasteiger partial charge >= 0.3 is 5.97 Å². The second-order valence-corrected chi connectivity index (χ2v) is 6.76. The molecule has 1 aromatic rings. The van der Waals surface area contributed by atoms with Gasteiger partial charge in [-0.2, -0.15) is 0 Å². The standard InChI is InChI=1S/C18H18N2O8/c1-8-9(18(19)11(22)3-2-4-12(18)23)7-10(21)15(16(8)26)17(27)28-20-13(24)5-6-14(20)25/h7,21,26H,2-6,19H2,1H3. The van der Waals surface area contributed by atoms with Gasteiger partial charge in [0.2, 0.25) is 0 Å². The molecule has 0 aromatic heterocycles. The van der Waals surface area contributed by atoms with Crippen molar-refractivity contribution in [2.75, 3.05) is 0 Å². The number of carbonyl (C=O) groups excluding carboxylic acids is 5. The van der Waals surface area contributed by atoms with Crippen LogP contribution in [0.4, 0.5) is 0 Å². The fourth-order valence-corrected chi connectivity index (χ4v) is 3.41. The number of Topliss-reactive ketones (excluding diaryl/α,β-unsaturated/α-hetero) is 2. The fourth-order valence-electron chi connectivity index (χ4n) is 3.41. The van der Waals surface area contributed by atoms with Crippen molar-refractivity contribution in [3.63, 3.8) is 0 Å². The molecule has 28 heavy (non-hydrogen) atoms. The lowest BCUT2D eigenvalue weighted by atomic mass is 9.73. The van der Waals surface area contributed by atoms with Crippen LogP contribution in [0, 0.1) is 6.92 Å². The fraction of sp³-hybridized carbons (Fsp3) is 0.389. The third-order valence-corrected chi connectivity index (χ3v) is 5.03. The summed E-state index contributed by atoms with van der Waals surface area (Å²) in [6.07, 6.45) is 0.234. The monoisotopic (exact) mass is 390 g/mol. The van der Waals surface area contributed by atoms with E-state index in [0.29, 0.717) is 6.42 Å². The minimum absolute atomic E-state index is 0.0617. The zero-order valence-corrected chi connectivity index (χ0v) is 15.0. The molecule has 1 heterocycles. The maximum atomic E-state index is 12.3. The molecule has 0 atom stereocenters. The van der Waals surface area contributed by atoms with Gasteiger partial charge in [-0.1, -0.05) is 0 Å². The molecule has 1 saturated carbocycles. The van der Waals surface area contributed by atoms with E-state index in [4.69, 9.17) is 10.6 Å². The van der Waals surface area contributed by atoms with E-state index in [1.807, 2.05) is 0 Å². The molecule has 0 radical (unpaired) electrons. The van der Waals surface area contributed by atoms with Crippen LogP contribution in [0.2, 0.25) is 0 Å². The third-order valence-electron chi connectivity index (χ3n) is 5.03. The molecule has 1 aliphatic heterocycles. The Morgan fingerprint density at radius 2 is 1.61 bits per heavy atom. The van der Waals surface area contributed by atoms with Gasteiger partial charge in [-0.3, -0.25) is 19.2 Å². The maximum absolute atomic E-state index is 12.3. The molecular formula is C18H18N2O8. The molecule has 2 fully saturated rings. The molecule has 0 bridgehead atoms. The minimum atomic E-state index is -2.04. The number of rotatable bonds is 3. The molecule has 3 rings (SSSR count). The number of ketones is 2. The number of hydrogen-bond donors (Lipinski definition) is 3. The van der Waals surface area contributed by atoms with Crippen molar-refractivity contribution in [1.82, 2.24) is 5.06 Å². The van der Waals surface area contributed by atoms with Crippen LogP contribution in [0.1, 0.15) is 53.6 Å². The average Bonchev–Trinajstić information content (AvgIpc) is 2.94. The van der Waals surface area contributed by atoms with Gasteiger partial charge in [0.1, 0.15) is 17.1 Å². The quantitative estimate of drug-likeness (QED) is 0.479. The predicted octanol–water partition coefficient (Wildman–Crippen LogP) is 0.103.